The summed E-state index contributed by atoms with van der Waals surface area (Å²) >= 11 is 0. The molecule has 0 saturated carbocycles. The van der Waals surface area contributed by atoms with Crippen molar-refractivity contribution in [2.75, 3.05) is 6.61 Å². The van der Waals surface area contributed by atoms with E-state index in [2.05, 4.69) is 6.92 Å². The summed E-state index contributed by atoms with van der Waals surface area (Å²) in [5.74, 6) is 0.936. The van der Waals surface area contributed by atoms with Crippen molar-refractivity contribution >= 4 is 0 Å². The van der Waals surface area contributed by atoms with Gasteiger partial charge in [0.1, 0.15) is 5.75 Å². The summed E-state index contributed by atoms with van der Waals surface area (Å²) < 4.78 is 5.69. The van der Waals surface area contributed by atoms with Gasteiger partial charge in [-0.15, -0.1) is 0 Å². The van der Waals surface area contributed by atoms with Crippen LogP contribution in [0.25, 0.3) is 0 Å². The quantitative estimate of drug-likeness (QED) is 0.713. The predicted molar refractivity (Wildman–Crippen MR) is 68.7 cm³/mol. The molecule has 16 heavy (non-hydrogen) atoms. The summed E-state index contributed by atoms with van der Waals surface area (Å²) in [6.45, 7) is 5.01. The Labute approximate surface area is 98.8 Å². The Morgan fingerprint density at radius 1 is 1.25 bits per heavy atom. The summed E-state index contributed by atoms with van der Waals surface area (Å²) in [6.07, 6.45) is 4.95. The molecule has 90 valence electrons. The van der Waals surface area contributed by atoms with Crippen LogP contribution in [0.1, 0.15) is 51.1 Å². The molecule has 0 aromatic heterocycles. The minimum atomic E-state index is 0.0728. The number of rotatable bonds is 7. The first-order valence-corrected chi connectivity index (χ1v) is 6.22. The number of benzene rings is 1. The lowest BCUT2D eigenvalue weighted by atomic mass is 10.1. The number of hydrogen-bond donors (Lipinski definition) is 1. The molecular formula is C14H23NO. The Morgan fingerprint density at radius 3 is 2.75 bits per heavy atom. The van der Waals surface area contributed by atoms with E-state index >= 15 is 0 Å². The van der Waals surface area contributed by atoms with Crippen molar-refractivity contribution in [1.29, 1.82) is 0 Å². The molecule has 0 fully saturated rings. The van der Waals surface area contributed by atoms with E-state index in [1.54, 1.807) is 0 Å². The Balaban J connectivity index is 2.33. The van der Waals surface area contributed by atoms with Gasteiger partial charge in [0, 0.05) is 6.04 Å². The molecule has 1 atom stereocenters. The first kappa shape index (κ1) is 13.0. The Morgan fingerprint density at radius 2 is 2.06 bits per heavy atom. The van der Waals surface area contributed by atoms with Gasteiger partial charge in [-0.3, -0.25) is 0 Å². The van der Waals surface area contributed by atoms with Crippen LogP contribution < -0.4 is 10.5 Å². The Kier molecular flexibility index (Phi) is 5.94. The van der Waals surface area contributed by atoms with Crippen LogP contribution in [0.2, 0.25) is 0 Å². The highest BCUT2D eigenvalue weighted by molar-refractivity contribution is 5.30. The molecule has 2 nitrogen and oxygen atoms in total. The molecule has 0 aliphatic heterocycles. The minimum Gasteiger partial charge on any atom is -0.494 e. The van der Waals surface area contributed by atoms with E-state index in [4.69, 9.17) is 10.5 Å². The van der Waals surface area contributed by atoms with Gasteiger partial charge < -0.3 is 10.5 Å². The largest absolute Gasteiger partial charge is 0.494 e. The van der Waals surface area contributed by atoms with Crippen LogP contribution in [-0.2, 0) is 0 Å². The van der Waals surface area contributed by atoms with Crippen molar-refractivity contribution in [3.8, 4) is 5.75 Å². The second-order valence-corrected chi connectivity index (χ2v) is 4.27. The van der Waals surface area contributed by atoms with Gasteiger partial charge in [0.15, 0.2) is 0 Å². The van der Waals surface area contributed by atoms with Gasteiger partial charge in [-0.1, -0.05) is 38.3 Å². The zero-order valence-corrected chi connectivity index (χ0v) is 10.4. The average molecular weight is 221 g/mol. The van der Waals surface area contributed by atoms with Crippen molar-refractivity contribution in [3.63, 3.8) is 0 Å². The lowest BCUT2D eigenvalue weighted by Crippen LogP contribution is -2.05. The first-order chi connectivity index (χ1) is 7.74. The molecule has 0 heterocycles. The third-order valence-corrected chi connectivity index (χ3v) is 2.65. The molecule has 2 heteroatoms. The molecule has 0 saturated heterocycles. The molecule has 1 aromatic carbocycles. The standard InChI is InChI=1S/C14H23NO/c1-3-4-5-6-10-16-14-9-7-8-13(11-14)12(2)15/h7-9,11-12H,3-6,10,15H2,1-2H3/t12-/m0/s1. The number of nitrogens with two attached hydrogens (primary N) is 1. The van der Waals surface area contributed by atoms with E-state index in [1.807, 2.05) is 31.2 Å². The van der Waals surface area contributed by atoms with E-state index in [0.29, 0.717) is 0 Å². The van der Waals surface area contributed by atoms with Gasteiger partial charge >= 0.3 is 0 Å². The van der Waals surface area contributed by atoms with E-state index in [1.165, 1.54) is 19.3 Å². The highest BCUT2D eigenvalue weighted by Crippen LogP contribution is 2.17. The topological polar surface area (TPSA) is 35.2 Å². The fourth-order valence-corrected chi connectivity index (χ4v) is 1.61. The van der Waals surface area contributed by atoms with Gasteiger partial charge in [-0.05, 0) is 31.0 Å². The second-order valence-electron chi connectivity index (χ2n) is 4.27. The fraction of sp³-hybridized carbons (Fsp3) is 0.571. The van der Waals surface area contributed by atoms with Crippen LogP contribution in [-0.4, -0.2) is 6.61 Å². The van der Waals surface area contributed by atoms with Crippen molar-refractivity contribution < 1.29 is 4.74 Å². The fourth-order valence-electron chi connectivity index (χ4n) is 1.61. The average Bonchev–Trinajstić information content (AvgIpc) is 2.29. The van der Waals surface area contributed by atoms with Crippen molar-refractivity contribution in [3.05, 3.63) is 29.8 Å². The molecule has 0 unspecified atom stereocenters. The van der Waals surface area contributed by atoms with Crippen LogP contribution >= 0.6 is 0 Å². The molecule has 0 aliphatic rings. The maximum absolute atomic E-state index is 5.82. The van der Waals surface area contributed by atoms with E-state index in [0.717, 1.165) is 24.3 Å². The third-order valence-electron chi connectivity index (χ3n) is 2.65. The molecule has 0 aliphatic carbocycles. The smallest absolute Gasteiger partial charge is 0.119 e. The van der Waals surface area contributed by atoms with Crippen LogP contribution in [0, 0.1) is 0 Å². The molecule has 0 radical (unpaired) electrons. The molecule has 0 bridgehead atoms. The highest BCUT2D eigenvalue weighted by atomic mass is 16.5. The number of unbranched alkanes of at least 4 members (excludes halogenated alkanes) is 3. The van der Waals surface area contributed by atoms with Gasteiger partial charge in [-0.2, -0.15) is 0 Å². The summed E-state index contributed by atoms with van der Waals surface area (Å²) in [5, 5.41) is 0. The molecular weight excluding hydrogens is 198 g/mol. The van der Waals surface area contributed by atoms with Crippen molar-refractivity contribution in [2.45, 2.75) is 45.6 Å². The second kappa shape index (κ2) is 7.29. The van der Waals surface area contributed by atoms with E-state index in [-0.39, 0.29) is 6.04 Å². The minimum absolute atomic E-state index is 0.0728. The Hall–Kier alpha value is -1.02. The third kappa shape index (κ3) is 4.67. The maximum Gasteiger partial charge on any atom is 0.119 e. The summed E-state index contributed by atoms with van der Waals surface area (Å²) in [5.41, 5.74) is 6.95. The van der Waals surface area contributed by atoms with Crippen LogP contribution in [0.15, 0.2) is 24.3 Å². The highest BCUT2D eigenvalue weighted by Gasteiger charge is 2.00. The van der Waals surface area contributed by atoms with Gasteiger partial charge in [0.05, 0.1) is 6.61 Å². The van der Waals surface area contributed by atoms with Gasteiger partial charge in [-0.25, -0.2) is 0 Å². The lowest BCUT2D eigenvalue weighted by molar-refractivity contribution is 0.304. The SMILES string of the molecule is CCCCCCOc1cccc([C@H](C)N)c1. The van der Waals surface area contributed by atoms with Crippen molar-refractivity contribution in [2.24, 2.45) is 5.73 Å². The lowest BCUT2D eigenvalue weighted by Gasteiger charge is -2.09. The number of hydrogen-bond acceptors (Lipinski definition) is 2. The number of ether oxygens (including phenoxy) is 1. The zero-order valence-electron chi connectivity index (χ0n) is 10.4. The maximum atomic E-state index is 5.82. The zero-order chi connectivity index (χ0) is 11.8. The van der Waals surface area contributed by atoms with Gasteiger partial charge in [0.25, 0.3) is 0 Å². The molecule has 1 aromatic rings. The van der Waals surface area contributed by atoms with E-state index in [9.17, 15) is 0 Å². The summed E-state index contributed by atoms with van der Waals surface area (Å²) in [7, 11) is 0. The van der Waals surface area contributed by atoms with Gasteiger partial charge in [0.2, 0.25) is 0 Å². The van der Waals surface area contributed by atoms with Crippen LogP contribution in [0.4, 0.5) is 0 Å². The van der Waals surface area contributed by atoms with Crippen LogP contribution in [0.3, 0.4) is 0 Å². The predicted octanol–water partition coefficient (Wildman–Crippen LogP) is 3.67. The molecule has 1 rings (SSSR count). The van der Waals surface area contributed by atoms with Crippen LogP contribution in [0.5, 0.6) is 5.75 Å². The molecule has 2 N–H and O–H groups in total. The normalized spacial score (nSPS) is 12.4. The summed E-state index contributed by atoms with van der Waals surface area (Å²) in [4.78, 5) is 0. The van der Waals surface area contributed by atoms with E-state index < -0.39 is 0 Å². The molecule has 0 amide bonds. The summed E-state index contributed by atoms with van der Waals surface area (Å²) in [6, 6.07) is 8.13. The monoisotopic (exact) mass is 221 g/mol. The Bertz CT molecular complexity index is 297. The first-order valence-electron chi connectivity index (χ1n) is 6.22. The van der Waals surface area contributed by atoms with Crippen molar-refractivity contribution in [1.82, 2.24) is 0 Å². The molecule has 0 spiro atoms.